The lowest BCUT2D eigenvalue weighted by Gasteiger charge is -2.28. The van der Waals surface area contributed by atoms with E-state index in [-0.39, 0.29) is 0 Å². The van der Waals surface area contributed by atoms with Crippen LogP contribution in [0.4, 0.5) is 0 Å². The fraction of sp³-hybridized carbons (Fsp3) is 0.647. The molecule has 0 spiro atoms. The van der Waals surface area contributed by atoms with Crippen LogP contribution in [0.25, 0.3) is 0 Å². The molecule has 1 aliphatic carbocycles. The van der Waals surface area contributed by atoms with Crippen molar-refractivity contribution >= 4 is 12.0 Å². The topological polar surface area (TPSA) is 9.23 Å². The Kier molecular flexibility index (Phi) is 6.80. The first-order valence-corrected chi connectivity index (χ1v) is 8.47. The van der Waals surface area contributed by atoms with Crippen molar-refractivity contribution in [2.24, 2.45) is 11.8 Å². The van der Waals surface area contributed by atoms with Crippen molar-refractivity contribution in [3.63, 3.8) is 0 Å². The van der Waals surface area contributed by atoms with Crippen LogP contribution in [0.2, 0.25) is 0 Å². The highest BCUT2D eigenvalue weighted by atomic mass is 32.2. The first kappa shape index (κ1) is 14.9. The van der Waals surface area contributed by atoms with Crippen LogP contribution < -0.4 is 0 Å². The predicted octanol–water partition coefficient (Wildman–Crippen LogP) is 5.71. The SMILES string of the molecule is CCCCC1CCC(COSc2ccccc2)CC1. The van der Waals surface area contributed by atoms with Gasteiger partial charge in [-0.2, -0.15) is 0 Å². The second-order valence-corrected chi connectivity index (χ2v) is 6.58. The lowest BCUT2D eigenvalue weighted by atomic mass is 9.80. The van der Waals surface area contributed by atoms with E-state index >= 15 is 0 Å². The van der Waals surface area contributed by atoms with Gasteiger partial charge in [0.25, 0.3) is 0 Å². The van der Waals surface area contributed by atoms with E-state index in [1.807, 2.05) is 6.07 Å². The summed E-state index contributed by atoms with van der Waals surface area (Å²) < 4.78 is 5.79. The molecule has 0 amide bonds. The Labute approximate surface area is 122 Å². The van der Waals surface area contributed by atoms with Gasteiger partial charge < -0.3 is 4.18 Å². The average molecular weight is 278 g/mol. The van der Waals surface area contributed by atoms with Crippen LogP contribution in [-0.4, -0.2) is 6.61 Å². The molecule has 1 aromatic rings. The first-order chi connectivity index (χ1) is 9.38. The standard InChI is InChI=1S/C17H26OS/c1-2-3-7-15-10-12-16(13-11-15)14-18-19-17-8-5-4-6-9-17/h4-6,8-9,15-16H,2-3,7,10-14H2,1H3. The van der Waals surface area contributed by atoms with Gasteiger partial charge in [0.2, 0.25) is 0 Å². The summed E-state index contributed by atoms with van der Waals surface area (Å²) >= 11 is 1.53. The van der Waals surface area contributed by atoms with E-state index in [0.717, 1.165) is 18.4 Å². The van der Waals surface area contributed by atoms with Crippen LogP contribution in [0.15, 0.2) is 35.2 Å². The van der Waals surface area contributed by atoms with Gasteiger partial charge in [-0.15, -0.1) is 0 Å². The van der Waals surface area contributed by atoms with Crippen molar-refractivity contribution in [2.45, 2.75) is 56.8 Å². The minimum Gasteiger partial charge on any atom is -0.310 e. The van der Waals surface area contributed by atoms with Crippen molar-refractivity contribution in [1.82, 2.24) is 0 Å². The average Bonchev–Trinajstić information content (AvgIpc) is 2.47. The lowest BCUT2D eigenvalue weighted by molar-refractivity contribution is 0.195. The van der Waals surface area contributed by atoms with Crippen molar-refractivity contribution < 1.29 is 4.18 Å². The van der Waals surface area contributed by atoms with Crippen LogP contribution in [0.5, 0.6) is 0 Å². The van der Waals surface area contributed by atoms with Gasteiger partial charge in [-0.05, 0) is 36.8 Å². The Morgan fingerprint density at radius 1 is 1.05 bits per heavy atom. The molecule has 1 aliphatic rings. The van der Waals surface area contributed by atoms with Gasteiger partial charge in [0.1, 0.15) is 0 Å². The monoisotopic (exact) mass is 278 g/mol. The van der Waals surface area contributed by atoms with Crippen molar-refractivity contribution in [1.29, 1.82) is 0 Å². The fourth-order valence-electron chi connectivity index (χ4n) is 2.85. The van der Waals surface area contributed by atoms with Crippen LogP contribution in [0.3, 0.4) is 0 Å². The number of unbranched alkanes of at least 4 members (excludes halogenated alkanes) is 1. The molecular weight excluding hydrogens is 252 g/mol. The summed E-state index contributed by atoms with van der Waals surface area (Å²) in [7, 11) is 0. The second kappa shape index (κ2) is 8.65. The molecule has 2 rings (SSSR count). The van der Waals surface area contributed by atoms with Crippen molar-refractivity contribution in [3.05, 3.63) is 30.3 Å². The zero-order valence-corrected chi connectivity index (χ0v) is 12.8. The van der Waals surface area contributed by atoms with Crippen molar-refractivity contribution in [3.8, 4) is 0 Å². The van der Waals surface area contributed by atoms with Crippen LogP contribution in [0.1, 0.15) is 51.9 Å². The molecule has 2 heteroatoms. The van der Waals surface area contributed by atoms with E-state index in [2.05, 4.69) is 31.2 Å². The molecule has 0 bridgehead atoms. The third-order valence-electron chi connectivity index (χ3n) is 4.13. The van der Waals surface area contributed by atoms with Gasteiger partial charge in [0.15, 0.2) is 0 Å². The molecule has 1 aromatic carbocycles. The zero-order valence-electron chi connectivity index (χ0n) is 12.0. The number of rotatable bonds is 7. The fourth-order valence-corrected chi connectivity index (χ4v) is 3.52. The summed E-state index contributed by atoms with van der Waals surface area (Å²) in [6.07, 6.45) is 9.77. The maximum Gasteiger partial charge on any atom is 0.0646 e. The van der Waals surface area contributed by atoms with Crippen LogP contribution in [0, 0.1) is 11.8 Å². The molecule has 0 saturated heterocycles. The molecule has 0 heterocycles. The highest BCUT2D eigenvalue weighted by Crippen LogP contribution is 2.33. The minimum absolute atomic E-state index is 0.786. The van der Waals surface area contributed by atoms with Gasteiger partial charge in [0.05, 0.1) is 6.61 Å². The second-order valence-electron chi connectivity index (χ2n) is 5.71. The smallest absolute Gasteiger partial charge is 0.0646 e. The summed E-state index contributed by atoms with van der Waals surface area (Å²) in [5.41, 5.74) is 0. The largest absolute Gasteiger partial charge is 0.310 e. The quantitative estimate of drug-likeness (QED) is 0.591. The van der Waals surface area contributed by atoms with Crippen molar-refractivity contribution in [2.75, 3.05) is 6.61 Å². The molecule has 1 nitrogen and oxygen atoms in total. The summed E-state index contributed by atoms with van der Waals surface area (Å²) in [6, 6.07) is 10.4. The van der Waals surface area contributed by atoms with Crippen LogP contribution >= 0.6 is 12.0 Å². The number of benzene rings is 1. The molecule has 0 aromatic heterocycles. The Morgan fingerprint density at radius 3 is 2.42 bits per heavy atom. The molecule has 0 aliphatic heterocycles. The molecule has 0 radical (unpaired) electrons. The van der Waals surface area contributed by atoms with Gasteiger partial charge >= 0.3 is 0 Å². The molecule has 1 saturated carbocycles. The Morgan fingerprint density at radius 2 is 1.74 bits per heavy atom. The minimum atomic E-state index is 0.786. The Balaban J connectivity index is 1.58. The predicted molar refractivity (Wildman–Crippen MR) is 83.2 cm³/mol. The molecule has 0 unspecified atom stereocenters. The van der Waals surface area contributed by atoms with E-state index in [0.29, 0.717) is 0 Å². The maximum atomic E-state index is 5.79. The van der Waals surface area contributed by atoms with Gasteiger partial charge in [0, 0.05) is 16.9 Å². The Bertz CT molecular complexity index is 330. The number of hydrogen-bond donors (Lipinski definition) is 0. The van der Waals surface area contributed by atoms with E-state index in [1.54, 1.807) is 0 Å². The normalized spacial score (nSPS) is 23.4. The van der Waals surface area contributed by atoms with Gasteiger partial charge in [-0.25, -0.2) is 0 Å². The highest BCUT2D eigenvalue weighted by Gasteiger charge is 2.20. The molecule has 1 fully saturated rings. The number of hydrogen-bond acceptors (Lipinski definition) is 2. The van der Waals surface area contributed by atoms with Gasteiger partial charge in [-0.3, -0.25) is 0 Å². The molecular formula is C17H26OS. The summed E-state index contributed by atoms with van der Waals surface area (Å²) in [4.78, 5) is 1.21. The lowest BCUT2D eigenvalue weighted by Crippen LogP contribution is -2.17. The molecule has 19 heavy (non-hydrogen) atoms. The van der Waals surface area contributed by atoms with Crippen LogP contribution in [-0.2, 0) is 4.18 Å². The third kappa shape index (κ3) is 5.58. The zero-order chi connectivity index (χ0) is 13.3. The molecule has 0 N–H and O–H groups in total. The van der Waals surface area contributed by atoms with E-state index < -0.39 is 0 Å². The summed E-state index contributed by atoms with van der Waals surface area (Å²) in [5, 5.41) is 0. The van der Waals surface area contributed by atoms with Gasteiger partial charge in [-0.1, -0.05) is 57.2 Å². The maximum absolute atomic E-state index is 5.79. The molecule has 106 valence electrons. The third-order valence-corrected chi connectivity index (χ3v) is 4.85. The molecule has 0 atom stereocenters. The van der Waals surface area contributed by atoms with E-state index in [1.165, 1.54) is 61.9 Å². The summed E-state index contributed by atoms with van der Waals surface area (Å²) in [5.74, 6) is 1.78. The Hall–Kier alpha value is -0.470. The van der Waals surface area contributed by atoms with E-state index in [9.17, 15) is 0 Å². The summed E-state index contributed by atoms with van der Waals surface area (Å²) in [6.45, 7) is 3.21. The highest BCUT2D eigenvalue weighted by molar-refractivity contribution is 7.94. The first-order valence-electron chi connectivity index (χ1n) is 7.73. The van der Waals surface area contributed by atoms with E-state index in [4.69, 9.17) is 4.18 Å².